The molecule has 0 bridgehead atoms. The van der Waals surface area contributed by atoms with Gasteiger partial charge in [0.15, 0.2) is 0 Å². The zero-order valence-electron chi connectivity index (χ0n) is 12.3. The van der Waals surface area contributed by atoms with Crippen LogP contribution in [0.3, 0.4) is 0 Å². The van der Waals surface area contributed by atoms with Crippen molar-refractivity contribution in [3.05, 3.63) is 54.2 Å². The predicted octanol–water partition coefficient (Wildman–Crippen LogP) is 2.48. The summed E-state index contributed by atoms with van der Waals surface area (Å²) in [5.41, 5.74) is 1.02. The fraction of sp³-hybridized carbons (Fsp3) is 0.312. The zero-order chi connectivity index (χ0) is 15.4. The number of nitrogens with one attached hydrogen (secondary N) is 1. The van der Waals surface area contributed by atoms with Gasteiger partial charge < -0.3 is 5.32 Å². The van der Waals surface area contributed by atoms with Crippen molar-refractivity contribution in [2.75, 3.05) is 18.4 Å². The summed E-state index contributed by atoms with van der Waals surface area (Å²) in [5.74, 6) is 0.802. The van der Waals surface area contributed by atoms with Gasteiger partial charge in [-0.05, 0) is 42.7 Å². The number of benzene rings is 1. The van der Waals surface area contributed by atoms with Gasteiger partial charge in [-0.1, -0.05) is 18.2 Å². The van der Waals surface area contributed by atoms with E-state index in [-0.39, 0.29) is 0 Å². The quantitative estimate of drug-likeness (QED) is 0.920. The molecule has 2 aromatic rings. The van der Waals surface area contributed by atoms with Crippen LogP contribution >= 0.6 is 0 Å². The largest absolute Gasteiger partial charge is 0.366 e. The minimum Gasteiger partial charge on any atom is -0.366 e. The Morgan fingerprint density at radius 2 is 1.77 bits per heavy atom. The summed E-state index contributed by atoms with van der Waals surface area (Å²) in [6.07, 6.45) is 3.63. The van der Waals surface area contributed by atoms with Crippen molar-refractivity contribution >= 4 is 15.8 Å². The van der Waals surface area contributed by atoms with Crippen LogP contribution in [0.5, 0.6) is 0 Å². The van der Waals surface area contributed by atoms with Crippen LogP contribution in [0.4, 0.5) is 5.82 Å². The van der Waals surface area contributed by atoms with E-state index in [9.17, 15) is 8.42 Å². The van der Waals surface area contributed by atoms with E-state index in [0.29, 0.717) is 24.5 Å². The topological polar surface area (TPSA) is 62.3 Å². The average molecular weight is 317 g/mol. The lowest BCUT2D eigenvalue weighted by molar-refractivity contribution is 0.477. The van der Waals surface area contributed by atoms with Gasteiger partial charge in [0.1, 0.15) is 5.82 Å². The van der Waals surface area contributed by atoms with Crippen molar-refractivity contribution in [3.63, 3.8) is 0 Å². The molecule has 1 N–H and O–H groups in total. The number of nitrogens with zero attached hydrogens (tertiary/aromatic N) is 2. The van der Waals surface area contributed by atoms with Crippen molar-refractivity contribution in [3.8, 4) is 0 Å². The Balaban J connectivity index is 1.67. The second kappa shape index (κ2) is 6.46. The fourth-order valence-corrected chi connectivity index (χ4v) is 4.03. The monoisotopic (exact) mass is 317 g/mol. The summed E-state index contributed by atoms with van der Waals surface area (Å²) in [4.78, 5) is 4.56. The Morgan fingerprint density at radius 3 is 2.41 bits per heavy atom. The van der Waals surface area contributed by atoms with Gasteiger partial charge in [-0.25, -0.2) is 13.4 Å². The van der Waals surface area contributed by atoms with Crippen LogP contribution in [0.1, 0.15) is 18.4 Å². The van der Waals surface area contributed by atoms with Gasteiger partial charge in [-0.2, -0.15) is 4.31 Å². The molecule has 6 heteroatoms. The lowest BCUT2D eigenvalue weighted by Crippen LogP contribution is -2.27. The van der Waals surface area contributed by atoms with Crippen LogP contribution in [-0.2, 0) is 16.6 Å². The molecule has 0 amide bonds. The van der Waals surface area contributed by atoms with E-state index in [4.69, 9.17) is 0 Å². The Morgan fingerprint density at radius 1 is 1.05 bits per heavy atom. The molecular weight excluding hydrogens is 298 g/mol. The van der Waals surface area contributed by atoms with Crippen molar-refractivity contribution in [2.24, 2.45) is 0 Å². The van der Waals surface area contributed by atoms with Crippen molar-refractivity contribution in [1.29, 1.82) is 0 Å². The van der Waals surface area contributed by atoms with E-state index in [1.807, 2.05) is 30.3 Å². The highest BCUT2D eigenvalue weighted by atomic mass is 32.2. The number of anilines is 1. The molecule has 0 saturated carbocycles. The van der Waals surface area contributed by atoms with Gasteiger partial charge in [0.25, 0.3) is 0 Å². The highest BCUT2D eigenvalue weighted by Crippen LogP contribution is 2.21. The van der Waals surface area contributed by atoms with Crippen LogP contribution < -0.4 is 5.32 Å². The van der Waals surface area contributed by atoms with E-state index >= 15 is 0 Å². The molecule has 0 radical (unpaired) electrons. The Bertz CT molecular complexity index is 709. The normalized spacial score (nSPS) is 15.8. The third-order valence-electron chi connectivity index (χ3n) is 3.76. The summed E-state index contributed by atoms with van der Waals surface area (Å²) in [5, 5.41) is 3.20. The summed E-state index contributed by atoms with van der Waals surface area (Å²) >= 11 is 0. The molecule has 1 fully saturated rings. The first-order chi connectivity index (χ1) is 10.7. The highest BCUT2D eigenvalue weighted by Gasteiger charge is 2.26. The minimum atomic E-state index is -3.32. The number of hydrogen-bond acceptors (Lipinski definition) is 4. The first-order valence-corrected chi connectivity index (χ1v) is 8.84. The maximum atomic E-state index is 12.4. The molecule has 1 aliphatic heterocycles. The summed E-state index contributed by atoms with van der Waals surface area (Å²) in [7, 11) is -3.32. The fourth-order valence-electron chi connectivity index (χ4n) is 2.52. The van der Waals surface area contributed by atoms with Crippen LogP contribution in [0.2, 0.25) is 0 Å². The SMILES string of the molecule is O=S(=O)(c1ccc(CNc2ccccn2)cc1)N1CCCC1. The van der Waals surface area contributed by atoms with Crippen LogP contribution in [0, 0.1) is 0 Å². The molecule has 0 spiro atoms. The van der Waals surface area contributed by atoms with Gasteiger partial charge >= 0.3 is 0 Å². The summed E-state index contributed by atoms with van der Waals surface area (Å²) in [6, 6.07) is 12.7. The zero-order valence-corrected chi connectivity index (χ0v) is 13.1. The standard InChI is InChI=1S/C16H19N3O2S/c20-22(21,19-11-3-4-12-19)15-8-6-14(7-9-15)13-18-16-5-1-2-10-17-16/h1-2,5-10H,3-4,11-13H2,(H,17,18). The molecule has 0 aliphatic carbocycles. The molecule has 3 rings (SSSR count). The molecular formula is C16H19N3O2S. The molecule has 1 aromatic heterocycles. The molecule has 22 heavy (non-hydrogen) atoms. The van der Waals surface area contributed by atoms with Gasteiger partial charge in [0.05, 0.1) is 4.90 Å². The van der Waals surface area contributed by atoms with Crippen molar-refractivity contribution in [1.82, 2.24) is 9.29 Å². The number of aromatic nitrogens is 1. The van der Waals surface area contributed by atoms with Gasteiger partial charge in [0, 0.05) is 25.8 Å². The molecule has 2 heterocycles. The third-order valence-corrected chi connectivity index (χ3v) is 5.68. The second-order valence-corrected chi connectivity index (χ2v) is 7.26. The molecule has 1 saturated heterocycles. The van der Waals surface area contributed by atoms with Gasteiger partial charge in [0.2, 0.25) is 10.0 Å². The van der Waals surface area contributed by atoms with Crippen LogP contribution in [-0.4, -0.2) is 30.8 Å². The van der Waals surface area contributed by atoms with E-state index < -0.39 is 10.0 Å². The molecule has 0 unspecified atom stereocenters. The highest BCUT2D eigenvalue weighted by molar-refractivity contribution is 7.89. The van der Waals surface area contributed by atoms with E-state index in [2.05, 4.69) is 10.3 Å². The van der Waals surface area contributed by atoms with E-state index in [0.717, 1.165) is 24.2 Å². The smallest absolute Gasteiger partial charge is 0.243 e. The molecule has 116 valence electrons. The summed E-state index contributed by atoms with van der Waals surface area (Å²) in [6.45, 7) is 1.87. The lowest BCUT2D eigenvalue weighted by atomic mass is 10.2. The number of sulfonamides is 1. The van der Waals surface area contributed by atoms with Crippen molar-refractivity contribution < 1.29 is 8.42 Å². The Kier molecular flexibility index (Phi) is 4.40. The van der Waals surface area contributed by atoms with Crippen LogP contribution in [0.25, 0.3) is 0 Å². The average Bonchev–Trinajstić information content (AvgIpc) is 3.10. The Labute approximate surface area is 131 Å². The summed E-state index contributed by atoms with van der Waals surface area (Å²) < 4.78 is 26.4. The van der Waals surface area contributed by atoms with Gasteiger partial charge in [-0.3, -0.25) is 0 Å². The predicted molar refractivity (Wildman–Crippen MR) is 86.0 cm³/mol. The third kappa shape index (κ3) is 3.28. The maximum absolute atomic E-state index is 12.4. The van der Waals surface area contributed by atoms with Gasteiger partial charge in [-0.15, -0.1) is 0 Å². The second-order valence-electron chi connectivity index (χ2n) is 5.32. The Hall–Kier alpha value is -1.92. The first-order valence-electron chi connectivity index (χ1n) is 7.40. The van der Waals surface area contributed by atoms with E-state index in [1.165, 1.54) is 0 Å². The van der Waals surface area contributed by atoms with Crippen LogP contribution in [0.15, 0.2) is 53.6 Å². The molecule has 0 atom stereocenters. The maximum Gasteiger partial charge on any atom is 0.243 e. The van der Waals surface area contributed by atoms with Crippen molar-refractivity contribution in [2.45, 2.75) is 24.3 Å². The number of pyridine rings is 1. The lowest BCUT2D eigenvalue weighted by Gasteiger charge is -2.15. The molecule has 1 aromatic carbocycles. The number of rotatable bonds is 5. The first kappa shape index (κ1) is 15.0. The van der Waals surface area contributed by atoms with E-state index in [1.54, 1.807) is 22.6 Å². The molecule has 1 aliphatic rings. The minimum absolute atomic E-state index is 0.371. The molecule has 5 nitrogen and oxygen atoms in total. The number of hydrogen-bond donors (Lipinski definition) is 1.